The minimum atomic E-state index is -0.300. The predicted octanol–water partition coefficient (Wildman–Crippen LogP) is 3.45. The van der Waals surface area contributed by atoms with E-state index in [2.05, 4.69) is 15.3 Å². The third kappa shape index (κ3) is 3.63. The molecule has 1 amide bonds. The number of nitrogens with one attached hydrogen (secondary N) is 2. The van der Waals surface area contributed by atoms with Gasteiger partial charge in [0.2, 0.25) is 0 Å². The Morgan fingerprint density at radius 1 is 1.17 bits per heavy atom. The van der Waals surface area contributed by atoms with Crippen LogP contribution in [0, 0.1) is 12.7 Å². The number of imidazole rings is 1. The molecule has 0 atom stereocenters. The van der Waals surface area contributed by atoms with Gasteiger partial charge in [-0.3, -0.25) is 4.79 Å². The summed E-state index contributed by atoms with van der Waals surface area (Å²) in [5.41, 5.74) is 3.00. The summed E-state index contributed by atoms with van der Waals surface area (Å²) in [6.07, 6.45) is 1.71. The van der Waals surface area contributed by atoms with Crippen molar-refractivity contribution in [2.75, 3.05) is 0 Å². The van der Waals surface area contributed by atoms with Crippen molar-refractivity contribution < 1.29 is 9.18 Å². The maximum atomic E-state index is 13.3. The molecule has 0 aliphatic heterocycles. The molecule has 5 heteroatoms. The smallest absolute Gasteiger partial charge is 0.251 e. The van der Waals surface area contributed by atoms with Crippen molar-refractivity contribution in [3.63, 3.8) is 0 Å². The third-order valence-electron chi connectivity index (χ3n) is 3.45. The number of H-pyrrole nitrogens is 1. The number of carbonyl (C=O) groups is 1. The molecule has 4 nitrogen and oxygen atoms in total. The number of carbonyl (C=O) groups excluding carboxylic acids is 1. The van der Waals surface area contributed by atoms with Crippen LogP contribution in [0.1, 0.15) is 21.9 Å². The first-order valence-electron chi connectivity index (χ1n) is 7.26. The second kappa shape index (κ2) is 6.44. The molecule has 0 aliphatic carbocycles. The highest BCUT2D eigenvalue weighted by atomic mass is 19.1. The minimum Gasteiger partial charge on any atom is -0.345 e. The zero-order valence-corrected chi connectivity index (χ0v) is 12.6. The van der Waals surface area contributed by atoms with Crippen molar-refractivity contribution >= 4 is 5.91 Å². The molecule has 2 aromatic carbocycles. The van der Waals surface area contributed by atoms with Gasteiger partial charge in [-0.15, -0.1) is 0 Å². The van der Waals surface area contributed by atoms with Gasteiger partial charge in [0.05, 0.1) is 6.54 Å². The number of aromatic amines is 1. The van der Waals surface area contributed by atoms with Crippen LogP contribution in [0.2, 0.25) is 0 Å². The van der Waals surface area contributed by atoms with Crippen molar-refractivity contribution in [1.29, 1.82) is 0 Å². The molecule has 0 unspecified atom stereocenters. The van der Waals surface area contributed by atoms with Crippen LogP contribution in [0.15, 0.2) is 54.7 Å². The van der Waals surface area contributed by atoms with Crippen molar-refractivity contribution in [2.24, 2.45) is 0 Å². The topological polar surface area (TPSA) is 57.8 Å². The Morgan fingerprint density at radius 2 is 1.91 bits per heavy atom. The summed E-state index contributed by atoms with van der Waals surface area (Å²) in [5, 5.41) is 2.81. The lowest BCUT2D eigenvalue weighted by Crippen LogP contribution is -2.23. The van der Waals surface area contributed by atoms with Crippen LogP contribution in [0.4, 0.5) is 4.39 Å². The highest BCUT2D eigenvalue weighted by Gasteiger charge is 2.08. The van der Waals surface area contributed by atoms with E-state index in [1.54, 1.807) is 30.5 Å². The fraction of sp³-hybridized carbons (Fsp3) is 0.111. The lowest BCUT2D eigenvalue weighted by Gasteiger charge is -2.06. The van der Waals surface area contributed by atoms with Gasteiger partial charge in [-0.1, -0.05) is 24.3 Å². The van der Waals surface area contributed by atoms with Gasteiger partial charge >= 0.3 is 0 Å². The summed E-state index contributed by atoms with van der Waals surface area (Å²) < 4.78 is 13.3. The number of hydrogen-bond donors (Lipinski definition) is 2. The SMILES string of the molecule is Cc1cnc(CNC(=O)c2cccc(-c3cccc(F)c3)c2)[nH]1. The number of rotatable bonds is 4. The van der Waals surface area contributed by atoms with Gasteiger partial charge in [-0.2, -0.15) is 0 Å². The molecule has 2 N–H and O–H groups in total. The molecule has 1 heterocycles. The minimum absolute atomic E-state index is 0.197. The zero-order chi connectivity index (χ0) is 16.2. The number of hydrogen-bond acceptors (Lipinski definition) is 2. The summed E-state index contributed by atoms with van der Waals surface area (Å²) in [5.74, 6) is 0.208. The average Bonchev–Trinajstić information content (AvgIpc) is 2.98. The maximum absolute atomic E-state index is 13.3. The summed E-state index contributed by atoms with van der Waals surface area (Å²) in [6.45, 7) is 2.23. The van der Waals surface area contributed by atoms with E-state index in [1.807, 2.05) is 19.1 Å². The fourth-order valence-corrected chi connectivity index (χ4v) is 2.33. The maximum Gasteiger partial charge on any atom is 0.251 e. The lowest BCUT2D eigenvalue weighted by molar-refractivity contribution is 0.0950. The molecule has 0 radical (unpaired) electrons. The van der Waals surface area contributed by atoms with Crippen molar-refractivity contribution in [3.8, 4) is 11.1 Å². The second-order valence-electron chi connectivity index (χ2n) is 5.29. The van der Waals surface area contributed by atoms with Crippen LogP contribution in [0.25, 0.3) is 11.1 Å². The average molecular weight is 309 g/mol. The van der Waals surface area contributed by atoms with Gasteiger partial charge in [-0.25, -0.2) is 9.37 Å². The van der Waals surface area contributed by atoms with E-state index in [0.29, 0.717) is 17.9 Å². The van der Waals surface area contributed by atoms with Crippen LogP contribution in [0.5, 0.6) is 0 Å². The molecule has 3 rings (SSSR count). The first-order valence-corrected chi connectivity index (χ1v) is 7.26. The Balaban J connectivity index is 1.75. The standard InChI is InChI=1S/C18H16FN3O/c1-12-10-20-17(22-12)11-21-18(23)15-6-2-4-13(8-15)14-5-3-7-16(19)9-14/h2-10H,11H2,1H3,(H,20,22)(H,21,23). The monoisotopic (exact) mass is 309 g/mol. The predicted molar refractivity (Wildman–Crippen MR) is 86.3 cm³/mol. The zero-order valence-electron chi connectivity index (χ0n) is 12.6. The first-order chi connectivity index (χ1) is 11.1. The van der Waals surface area contributed by atoms with Crippen LogP contribution >= 0.6 is 0 Å². The number of amides is 1. The van der Waals surface area contributed by atoms with Gasteiger partial charge in [0.25, 0.3) is 5.91 Å². The number of nitrogens with zero attached hydrogens (tertiary/aromatic N) is 1. The Kier molecular flexibility index (Phi) is 4.19. The molecule has 0 saturated heterocycles. The van der Waals surface area contributed by atoms with Crippen molar-refractivity contribution in [1.82, 2.24) is 15.3 Å². The molecule has 0 bridgehead atoms. The first kappa shape index (κ1) is 15.0. The summed E-state index contributed by atoms with van der Waals surface area (Å²) in [4.78, 5) is 19.5. The molecule has 0 spiro atoms. The van der Waals surface area contributed by atoms with E-state index in [0.717, 1.165) is 16.8 Å². The Morgan fingerprint density at radius 3 is 2.61 bits per heavy atom. The molecular weight excluding hydrogens is 293 g/mol. The molecular formula is C18H16FN3O. The molecule has 0 fully saturated rings. The summed E-state index contributed by atoms with van der Waals surface area (Å²) in [7, 11) is 0. The highest BCUT2D eigenvalue weighted by Crippen LogP contribution is 2.21. The van der Waals surface area contributed by atoms with Crippen LogP contribution in [-0.2, 0) is 6.54 Å². The lowest BCUT2D eigenvalue weighted by atomic mass is 10.0. The third-order valence-corrected chi connectivity index (χ3v) is 3.45. The Labute approximate surface area is 133 Å². The van der Waals surface area contributed by atoms with Crippen molar-refractivity contribution in [3.05, 3.63) is 77.6 Å². The second-order valence-corrected chi connectivity index (χ2v) is 5.29. The van der Waals surface area contributed by atoms with E-state index in [1.165, 1.54) is 12.1 Å². The van der Waals surface area contributed by atoms with Crippen molar-refractivity contribution in [2.45, 2.75) is 13.5 Å². The summed E-state index contributed by atoms with van der Waals surface area (Å²) in [6, 6.07) is 13.4. The molecule has 0 saturated carbocycles. The molecule has 3 aromatic rings. The van der Waals surface area contributed by atoms with Crippen LogP contribution in [0.3, 0.4) is 0 Å². The van der Waals surface area contributed by atoms with Gasteiger partial charge < -0.3 is 10.3 Å². The summed E-state index contributed by atoms with van der Waals surface area (Å²) >= 11 is 0. The number of halogens is 1. The molecule has 116 valence electrons. The normalized spacial score (nSPS) is 10.5. The quantitative estimate of drug-likeness (QED) is 0.775. The van der Waals surface area contributed by atoms with E-state index in [-0.39, 0.29) is 11.7 Å². The van der Waals surface area contributed by atoms with E-state index < -0.39 is 0 Å². The molecule has 23 heavy (non-hydrogen) atoms. The van der Waals surface area contributed by atoms with Gasteiger partial charge in [0.1, 0.15) is 11.6 Å². The van der Waals surface area contributed by atoms with E-state index in [9.17, 15) is 9.18 Å². The fourth-order valence-electron chi connectivity index (χ4n) is 2.33. The number of benzene rings is 2. The molecule has 0 aliphatic rings. The Bertz CT molecular complexity index is 842. The van der Waals surface area contributed by atoms with E-state index in [4.69, 9.17) is 0 Å². The molecule has 1 aromatic heterocycles. The van der Waals surface area contributed by atoms with Gasteiger partial charge in [0.15, 0.2) is 0 Å². The largest absolute Gasteiger partial charge is 0.345 e. The van der Waals surface area contributed by atoms with Crippen LogP contribution < -0.4 is 5.32 Å². The number of aryl methyl sites for hydroxylation is 1. The van der Waals surface area contributed by atoms with E-state index >= 15 is 0 Å². The number of aromatic nitrogens is 2. The van der Waals surface area contributed by atoms with Gasteiger partial charge in [0, 0.05) is 17.5 Å². The highest BCUT2D eigenvalue weighted by molar-refractivity contribution is 5.95. The van der Waals surface area contributed by atoms with Crippen LogP contribution in [-0.4, -0.2) is 15.9 Å². The van der Waals surface area contributed by atoms with Gasteiger partial charge in [-0.05, 0) is 42.3 Å². The Hall–Kier alpha value is -2.95.